The van der Waals surface area contributed by atoms with Gasteiger partial charge in [-0.05, 0) is 72.8 Å². The zero-order valence-corrected chi connectivity index (χ0v) is 16.0. The van der Waals surface area contributed by atoms with Crippen molar-refractivity contribution >= 4 is 5.52 Å². The molecule has 3 nitrogen and oxygen atoms in total. The molecule has 4 heteroatoms. The number of hydrogen-bond acceptors (Lipinski definition) is 2. The van der Waals surface area contributed by atoms with Gasteiger partial charge < -0.3 is 9.51 Å². The molecule has 0 unspecified atom stereocenters. The van der Waals surface area contributed by atoms with Crippen molar-refractivity contribution in [2.45, 2.75) is 57.5 Å². The number of aromatic nitrogens is 2. The number of aliphatic hydroxyl groups is 1. The van der Waals surface area contributed by atoms with E-state index in [1.54, 1.807) is 18.5 Å². The first kappa shape index (κ1) is 18.2. The molecule has 2 aromatic heterocycles. The summed E-state index contributed by atoms with van der Waals surface area (Å²) in [7, 11) is 0. The predicted octanol–water partition coefficient (Wildman–Crippen LogP) is 5.60. The summed E-state index contributed by atoms with van der Waals surface area (Å²) >= 11 is 0. The second kappa shape index (κ2) is 7.43. The van der Waals surface area contributed by atoms with Crippen molar-refractivity contribution in [3.63, 3.8) is 0 Å². The third-order valence-electron chi connectivity index (χ3n) is 6.10. The number of benzene rings is 1. The SMILES string of the molecule is CC(C)c1ccc2cncn2c1[C@H](O)C1CCC(c2cccc(F)c2)CC1. The minimum absolute atomic E-state index is 0.164. The lowest BCUT2D eigenvalue weighted by atomic mass is 9.75. The van der Waals surface area contributed by atoms with Gasteiger partial charge in [0.05, 0.1) is 29.8 Å². The second-order valence-electron chi connectivity index (χ2n) is 8.13. The van der Waals surface area contributed by atoms with E-state index in [1.807, 2.05) is 16.7 Å². The first-order valence-electron chi connectivity index (χ1n) is 9.93. The van der Waals surface area contributed by atoms with Crippen LogP contribution in [0.25, 0.3) is 5.52 Å². The van der Waals surface area contributed by atoms with Gasteiger partial charge in [0.2, 0.25) is 0 Å². The van der Waals surface area contributed by atoms with Gasteiger partial charge in [0.25, 0.3) is 0 Å². The maximum atomic E-state index is 13.5. The minimum Gasteiger partial charge on any atom is -0.387 e. The fourth-order valence-corrected chi connectivity index (χ4v) is 4.58. The van der Waals surface area contributed by atoms with Gasteiger partial charge in [-0.15, -0.1) is 0 Å². The van der Waals surface area contributed by atoms with Crippen LogP contribution in [0.4, 0.5) is 4.39 Å². The summed E-state index contributed by atoms with van der Waals surface area (Å²) in [5.74, 6) is 0.783. The van der Waals surface area contributed by atoms with Gasteiger partial charge in [-0.3, -0.25) is 0 Å². The summed E-state index contributed by atoms with van der Waals surface area (Å²) < 4.78 is 15.6. The Labute approximate surface area is 159 Å². The summed E-state index contributed by atoms with van der Waals surface area (Å²) in [6, 6.07) is 11.2. The fraction of sp³-hybridized carbons (Fsp3) is 0.435. The molecule has 0 aliphatic heterocycles. The number of hydrogen-bond donors (Lipinski definition) is 1. The number of aliphatic hydroxyl groups excluding tert-OH is 1. The second-order valence-corrected chi connectivity index (χ2v) is 8.13. The monoisotopic (exact) mass is 366 g/mol. The van der Waals surface area contributed by atoms with E-state index < -0.39 is 6.10 Å². The Hall–Kier alpha value is -2.20. The Morgan fingerprint density at radius 1 is 1.11 bits per heavy atom. The van der Waals surface area contributed by atoms with E-state index in [2.05, 4.69) is 31.0 Å². The van der Waals surface area contributed by atoms with Crippen LogP contribution in [-0.4, -0.2) is 14.5 Å². The van der Waals surface area contributed by atoms with Gasteiger partial charge in [0, 0.05) is 0 Å². The normalized spacial score (nSPS) is 21.7. The molecule has 27 heavy (non-hydrogen) atoms. The lowest BCUT2D eigenvalue weighted by Gasteiger charge is -2.33. The molecule has 0 saturated heterocycles. The molecular formula is C23H27FN2O. The Morgan fingerprint density at radius 3 is 2.59 bits per heavy atom. The Balaban J connectivity index is 1.56. The molecule has 1 N–H and O–H groups in total. The molecule has 1 aliphatic rings. The molecule has 0 bridgehead atoms. The topological polar surface area (TPSA) is 37.5 Å². The Kier molecular flexibility index (Phi) is 5.00. The van der Waals surface area contributed by atoms with E-state index in [-0.39, 0.29) is 11.7 Å². The molecule has 142 valence electrons. The molecular weight excluding hydrogens is 339 g/mol. The van der Waals surface area contributed by atoms with Crippen molar-refractivity contribution in [1.29, 1.82) is 0 Å². The molecule has 1 aliphatic carbocycles. The lowest BCUT2D eigenvalue weighted by Crippen LogP contribution is -2.22. The minimum atomic E-state index is -0.506. The largest absolute Gasteiger partial charge is 0.387 e. The zero-order chi connectivity index (χ0) is 19.0. The average Bonchev–Trinajstić information content (AvgIpc) is 3.15. The van der Waals surface area contributed by atoms with Gasteiger partial charge in [0.15, 0.2) is 0 Å². The molecule has 3 aromatic rings. The predicted molar refractivity (Wildman–Crippen MR) is 105 cm³/mol. The molecule has 2 heterocycles. The highest BCUT2D eigenvalue weighted by atomic mass is 19.1. The molecule has 0 spiro atoms. The standard InChI is InChI=1S/C23H27FN2O/c1-15(2)21-11-10-20-13-25-14-26(20)22(21)23(27)17-8-6-16(7-9-17)18-4-3-5-19(24)12-18/h3-5,10-17,23,27H,6-9H2,1-2H3/t16?,17?,23-/m1/s1. The molecule has 1 fully saturated rings. The first-order valence-corrected chi connectivity index (χ1v) is 9.93. The third-order valence-corrected chi connectivity index (χ3v) is 6.10. The van der Waals surface area contributed by atoms with Crippen molar-refractivity contribution in [2.75, 3.05) is 0 Å². The highest BCUT2D eigenvalue weighted by molar-refractivity contribution is 5.49. The molecule has 0 amide bonds. The number of imidazole rings is 1. The molecule has 1 aromatic carbocycles. The van der Waals surface area contributed by atoms with E-state index in [0.29, 0.717) is 11.8 Å². The third kappa shape index (κ3) is 3.51. The van der Waals surface area contributed by atoms with Crippen molar-refractivity contribution < 1.29 is 9.50 Å². The number of nitrogens with zero attached hydrogens (tertiary/aromatic N) is 2. The van der Waals surface area contributed by atoms with Gasteiger partial charge in [-0.1, -0.05) is 32.0 Å². The molecule has 1 atom stereocenters. The molecule has 1 saturated carbocycles. The van der Waals surface area contributed by atoms with Crippen molar-refractivity contribution in [3.8, 4) is 0 Å². The van der Waals surface area contributed by atoms with E-state index in [1.165, 1.54) is 11.6 Å². The van der Waals surface area contributed by atoms with Crippen LogP contribution in [0.3, 0.4) is 0 Å². The summed E-state index contributed by atoms with van der Waals surface area (Å²) in [4.78, 5) is 4.27. The van der Waals surface area contributed by atoms with Gasteiger partial charge in [-0.25, -0.2) is 9.37 Å². The number of pyridine rings is 1. The van der Waals surface area contributed by atoms with Crippen LogP contribution >= 0.6 is 0 Å². The summed E-state index contributed by atoms with van der Waals surface area (Å²) in [5, 5.41) is 11.3. The Morgan fingerprint density at radius 2 is 1.89 bits per heavy atom. The van der Waals surface area contributed by atoms with Crippen LogP contribution in [0, 0.1) is 11.7 Å². The summed E-state index contributed by atoms with van der Waals surface area (Å²) in [5.41, 5.74) is 4.26. The number of rotatable bonds is 4. The van der Waals surface area contributed by atoms with Crippen molar-refractivity contribution in [2.24, 2.45) is 5.92 Å². The zero-order valence-electron chi connectivity index (χ0n) is 16.0. The molecule has 4 rings (SSSR count). The number of fused-ring (bicyclic) bond motifs is 1. The number of halogens is 1. The quantitative estimate of drug-likeness (QED) is 0.652. The smallest absolute Gasteiger partial charge is 0.123 e. The molecule has 0 radical (unpaired) electrons. The van der Waals surface area contributed by atoms with Crippen LogP contribution in [0.2, 0.25) is 0 Å². The van der Waals surface area contributed by atoms with Gasteiger partial charge in [0.1, 0.15) is 5.82 Å². The highest BCUT2D eigenvalue weighted by Gasteiger charge is 2.31. The van der Waals surface area contributed by atoms with Crippen LogP contribution in [-0.2, 0) is 0 Å². The van der Waals surface area contributed by atoms with Gasteiger partial charge >= 0.3 is 0 Å². The van der Waals surface area contributed by atoms with Crippen LogP contribution < -0.4 is 0 Å². The fourth-order valence-electron chi connectivity index (χ4n) is 4.58. The summed E-state index contributed by atoms with van der Waals surface area (Å²) in [6.45, 7) is 4.32. The highest BCUT2D eigenvalue weighted by Crippen LogP contribution is 2.42. The summed E-state index contributed by atoms with van der Waals surface area (Å²) in [6.07, 6.45) is 7.01. The maximum absolute atomic E-state index is 13.5. The Bertz CT molecular complexity index is 925. The van der Waals surface area contributed by atoms with Crippen LogP contribution in [0.15, 0.2) is 48.9 Å². The van der Waals surface area contributed by atoms with E-state index >= 15 is 0 Å². The van der Waals surface area contributed by atoms with Crippen molar-refractivity contribution in [1.82, 2.24) is 9.38 Å². The average molecular weight is 366 g/mol. The van der Waals surface area contributed by atoms with Crippen LogP contribution in [0.1, 0.15) is 74.3 Å². The van der Waals surface area contributed by atoms with E-state index in [9.17, 15) is 9.50 Å². The van der Waals surface area contributed by atoms with Gasteiger partial charge in [-0.2, -0.15) is 0 Å². The maximum Gasteiger partial charge on any atom is 0.123 e. The van der Waals surface area contributed by atoms with Crippen molar-refractivity contribution in [3.05, 3.63) is 71.6 Å². The van der Waals surface area contributed by atoms with E-state index in [0.717, 1.165) is 42.5 Å². The lowest BCUT2D eigenvalue weighted by molar-refractivity contribution is 0.0752. The van der Waals surface area contributed by atoms with Crippen LogP contribution in [0.5, 0.6) is 0 Å². The van der Waals surface area contributed by atoms with E-state index in [4.69, 9.17) is 0 Å². The first-order chi connectivity index (χ1) is 13.0.